The highest BCUT2D eigenvalue weighted by molar-refractivity contribution is 6.29. The van der Waals surface area contributed by atoms with Crippen LogP contribution >= 0.6 is 11.6 Å². The Morgan fingerprint density at radius 1 is 1.12 bits per heavy atom. The molecule has 1 aliphatic heterocycles. The van der Waals surface area contributed by atoms with Gasteiger partial charge in [-0.1, -0.05) is 29.8 Å². The summed E-state index contributed by atoms with van der Waals surface area (Å²) in [5.74, 6) is 1.84. The van der Waals surface area contributed by atoms with Gasteiger partial charge in [0.2, 0.25) is 0 Å². The molecule has 3 aromatic rings. The van der Waals surface area contributed by atoms with Crippen LogP contribution in [0.2, 0.25) is 5.15 Å². The maximum Gasteiger partial charge on any atom is 0.129 e. The molecule has 0 atom stereocenters. The molecule has 1 N–H and O–H groups in total. The van der Waals surface area contributed by atoms with Gasteiger partial charge in [0.05, 0.1) is 12.3 Å². The van der Waals surface area contributed by atoms with Gasteiger partial charge in [-0.3, -0.25) is 0 Å². The highest BCUT2D eigenvalue weighted by Gasteiger charge is 2.15. The predicted octanol–water partition coefficient (Wildman–Crippen LogP) is 3.78. The Kier molecular flexibility index (Phi) is 4.48. The van der Waals surface area contributed by atoms with Crippen LogP contribution in [0.15, 0.2) is 48.9 Å². The number of hydrogen-bond donors (Lipinski definition) is 1. The van der Waals surface area contributed by atoms with Crippen molar-refractivity contribution in [3.63, 3.8) is 0 Å². The maximum atomic E-state index is 5.83. The van der Waals surface area contributed by atoms with Crippen molar-refractivity contribution in [1.29, 1.82) is 0 Å². The van der Waals surface area contributed by atoms with E-state index in [1.54, 1.807) is 18.6 Å². The largest absolute Gasteiger partial charge is 0.493 e. The second kappa shape index (κ2) is 7.07. The molecule has 5 nitrogen and oxygen atoms in total. The molecule has 4 rings (SSSR count). The lowest BCUT2D eigenvalue weighted by Gasteiger charge is -2.10. The Morgan fingerprint density at radius 3 is 2.96 bits per heavy atom. The summed E-state index contributed by atoms with van der Waals surface area (Å²) < 4.78 is 5.75. The Hall–Kier alpha value is -2.66. The molecular formula is C19H17ClN4O. The zero-order valence-electron chi connectivity index (χ0n) is 13.6. The van der Waals surface area contributed by atoms with Crippen molar-refractivity contribution >= 4 is 17.4 Å². The summed E-state index contributed by atoms with van der Waals surface area (Å²) in [6.07, 6.45) is 5.14. The Balaban J connectivity index is 1.43. The minimum atomic E-state index is 0.466. The number of rotatable bonds is 5. The van der Waals surface area contributed by atoms with Gasteiger partial charge >= 0.3 is 0 Å². The van der Waals surface area contributed by atoms with Crippen molar-refractivity contribution in [3.05, 3.63) is 65.2 Å². The lowest BCUT2D eigenvalue weighted by molar-refractivity contribution is 0.353. The van der Waals surface area contributed by atoms with E-state index in [0.29, 0.717) is 5.15 Å². The molecule has 0 aliphatic carbocycles. The molecule has 1 aromatic carbocycles. The Bertz CT molecular complexity index is 883. The van der Waals surface area contributed by atoms with E-state index >= 15 is 0 Å². The minimum absolute atomic E-state index is 0.466. The zero-order valence-corrected chi connectivity index (χ0v) is 14.3. The molecule has 0 spiro atoms. The minimum Gasteiger partial charge on any atom is -0.493 e. The first-order valence-electron chi connectivity index (χ1n) is 8.21. The molecule has 0 radical (unpaired) electrons. The smallest absolute Gasteiger partial charge is 0.129 e. The molecule has 0 fully saturated rings. The van der Waals surface area contributed by atoms with Crippen molar-refractivity contribution in [2.75, 3.05) is 18.5 Å². The maximum absolute atomic E-state index is 5.83. The number of nitrogens with one attached hydrogen (secondary N) is 1. The third-order valence-corrected chi connectivity index (χ3v) is 4.41. The van der Waals surface area contributed by atoms with Gasteiger partial charge in [-0.2, -0.15) is 0 Å². The Morgan fingerprint density at radius 2 is 2.08 bits per heavy atom. The van der Waals surface area contributed by atoms with E-state index in [1.807, 2.05) is 12.1 Å². The van der Waals surface area contributed by atoms with Crippen LogP contribution in [0.1, 0.15) is 11.1 Å². The fourth-order valence-electron chi connectivity index (χ4n) is 2.94. The second-order valence-electron chi connectivity index (χ2n) is 5.84. The van der Waals surface area contributed by atoms with Crippen LogP contribution in [0.25, 0.3) is 11.3 Å². The monoisotopic (exact) mass is 352 g/mol. The average molecular weight is 353 g/mol. The highest BCUT2D eigenvalue weighted by Crippen LogP contribution is 2.29. The lowest BCUT2D eigenvalue weighted by atomic mass is 10.1. The van der Waals surface area contributed by atoms with Crippen LogP contribution in [-0.2, 0) is 12.8 Å². The summed E-state index contributed by atoms with van der Waals surface area (Å²) in [5, 5.41) is 3.82. The van der Waals surface area contributed by atoms with Crippen LogP contribution in [0.5, 0.6) is 5.75 Å². The number of hydrogen-bond acceptors (Lipinski definition) is 5. The quantitative estimate of drug-likeness (QED) is 0.708. The van der Waals surface area contributed by atoms with Crippen molar-refractivity contribution in [1.82, 2.24) is 15.0 Å². The number of aromatic nitrogens is 3. The van der Waals surface area contributed by atoms with Crippen molar-refractivity contribution < 1.29 is 4.74 Å². The third kappa shape index (κ3) is 3.56. The van der Waals surface area contributed by atoms with Crippen molar-refractivity contribution in [2.45, 2.75) is 12.8 Å². The number of halogens is 1. The predicted molar refractivity (Wildman–Crippen MR) is 98.1 cm³/mol. The van der Waals surface area contributed by atoms with Crippen molar-refractivity contribution in [3.8, 4) is 17.0 Å². The van der Waals surface area contributed by atoms with E-state index in [9.17, 15) is 0 Å². The van der Waals surface area contributed by atoms with Gasteiger partial charge in [0.1, 0.15) is 23.0 Å². The number of anilines is 1. The number of para-hydroxylation sites is 1. The van der Waals surface area contributed by atoms with Gasteiger partial charge in [0.15, 0.2) is 0 Å². The molecule has 25 heavy (non-hydrogen) atoms. The van der Waals surface area contributed by atoms with Gasteiger partial charge < -0.3 is 10.1 Å². The van der Waals surface area contributed by atoms with Gasteiger partial charge in [0, 0.05) is 30.8 Å². The molecule has 6 heteroatoms. The summed E-state index contributed by atoms with van der Waals surface area (Å²) in [5.41, 5.74) is 4.26. The topological polar surface area (TPSA) is 59.9 Å². The summed E-state index contributed by atoms with van der Waals surface area (Å²) in [6.45, 7) is 1.55. The van der Waals surface area contributed by atoms with Gasteiger partial charge in [-0.15, -0.1) is 0 Å². The molecule has 0 saturated heterocycles. The van der Waals surface area contributed by atoms with Gasteiger partial charge in [-0.05, 0) is 29.7 Å². The first-order chi connectivity index (χ1) is 12.3. The molecule has 0 bridgehead atoms. The van der Waals surface area contributed by atoms with E-state index in [1.165, 1.54) is 11.1 Å². The molecular weight excluding hydrogens is 336 g/mol. The molecule has 0 amide bonds. The van der Waals surface area contributed by atoms with E-state index in [4.69, 9.17) is 16.3 Å². The van der Waals surface area contributed by atoms with Crippen LogP contribution < -0.4 is 10.1 Å². The number of pyridine rings is 1. The SMILES string of the molecule is Clc1ccc(-c2cc(NCCc3cccc4c3OCC4)ncn2)cn1. The summed E-state index contributed by atoms with van der Waals surface area (Å²) >= 11 is 5.83. The second-order valence-corrected chi connectivity index (χ2v) is 6.23. The summed E-state index contributed by atoms with van der Waals surface area (Å²) in [4.78, 5) is 12.7. The third-order valence-electron chi connectivity index (χ3n) is 4.19. The molecule has 1 aliphatic rings. The molecule has 2 aromatic heterocycles. The highest BCUT2D eigenvalue weighted by atomic mass is 35.5. The molecule has 0 saturated carbocycles. The van der Waals surface area contributed by atoms with E-state index < -0.39 is 0 Å². The number of fused-ring (bicyclic) bond motifs is 1. The molecule has 0 unspecified atom stereocenters. The number of nitrogens with zero attached hydrogens (tertiary/aromatic N) is 3. The zero-order chi connectivity index (χ0) is 17.1. The Labute approximate surface area is 151 Å². The van der Waals surface area contributed by atoms with E-state index in [0.717, 1.165) is 48.8 Å². The van der Waals surface area contributed by atoms with Crippen LogP contribution in [-0.4, -0.2) is 28.1 Å². The van der Waals surface area contributed by atoms with Gasteiger partial charge in [0.25, 0.3) is 0 Å². The van der Waals surface area contributed by atoms with Crippen molar-refractivity contribution in [2.24, 2.45) is 0 Å². The lowest BCUT2D eigenvalue weighted by Crippen LogP contribution is -2.07. The standard InChI is InChI=1S/C19H17ClN4O/c20-17-5-4-15(11-22-17)16-10-18(24-12-23-16)21-8-6-13-2-1-3-14-7-9-25-19(13)14/h1-5,10-12H,6-9H2,(H,21,23,24). The fraction of sp³-hybridized carbons (Fsp3) is 0.211. The van der Waals surface area contributed by atoms with Crippen LogP contribution in [0, 0.1) is 0 Å². The number of benzene rings is 1. The number of ether oxygens (including phenoxy) is 1. The molecule has 126 valence electrons. The van der Waals surface area contributed by atoms with Gasteiger partial charge in [-0.25, -0.2) is 15.0 Å². The summed E-state index contributed by atoms with van der Waals surface area (Å²) in [7, 11) is 0. The summed E-state index contributed by atoms with van der Waals surface area (Å²) in [6, 6.07) is 11.9. The van der Waals surface area contributed by atoms with Crippen LogP contribution in [0.3, 0.4) is 0 Å². The van der Waals surface area contributed by atoms with Crippen LogP contribution in [0.4, 0.5) is 5.82 Å². The van der Waals surface area contributed by atoms with E-state index in [2.05, 4.69) is 38.5 Å². The fourth-order valence-corrected chi connectivity index (χ4v) is 3.06. The molecule has 3 heterocycles. The first kappa shape index (κ1) is 15.8. The average Bonchev–Trinajstić information content (AvgIpc) is 3.12. The normalized spacial score (nSPS) is 12.5. The van der Waals surface area contributed by atoms with E-state index in [-0.39, 0.29) is 0 Å². The first-order valence-corrected chi connectivity index (χ1v) is 8.59.